The van der Waals surface area contributed by atoms with E-state index in [1.54, 1.807) is 6.07 Å². The summed E-state index contributed by atoms with van der Waals surface area (Å²) in [6.07, 6.45) is 0. The first-order chi connectivity index (χ1) is 11.6. The van der Waals surface area contributed by atoms with Gasteiger partial charge in [-0.25, -0.2) is 4.98 Å². The molecule has 1 aliphatic rings. The summed E-state index contributed by atoms with van der Waals surface area (Å²) in [7, 11) is 0. The summed E-state index contributed by atoms with van der Waals surface area (Å²) in [4.78, 5) is 19.2. The summed E-state index contributed by atoms with van der Waals surface area (Å²) in [6.45, 7) is 4.99. The monoisotopic (exact) mass is 319 g/mol. The van der Waals surface area contributed by atoms with Gasteiger partial charge in [0.2, 0.25) is 0 Å². The first kappa shape index (κ1) is 14.6. The van der Waals surface area contributed by atoms with E-state index in [1.807, 2.05) is 43.0 Å². The van der Waals surface area contributed by atoms with Gasteiger partial charge in [-0.3, -0.25) is 4.79 Å². The van der Waals surface area contributed by atoms with Crippen LogP contribution in [0.5, 0.6) is 0 Å². The van der Waals surface area contributed by atoms with E-state index in [1.165, 1.54) is 11.1 Å². The SMILES string of the molecule is Cc1noc(C)c1-c1cccc(C(=O)N2Cc3ccccc3C2)n1. The van der Waals surface area contributed by atoms with E-state index in [-0.39, 0.29) is 5.91 Å². The molecule has 0 saturated carbocycles. The minimum absolute atomic E-state index is 0.0557. The predicted molar refractivity (Wildman–Crippen MR) is 89.2 cm³/mol. The average molecular weight is 319 g/mol. The molecule has 1 aliphatic heterocycles. The number of hydrogen-bond donors (Lipinski definition) is 0. The molecule has 1 amide bonds. The summed E-state index contributed by atoms with van der Waals surface area (Å²) in [5, 5.41) is 3.96. The Labute approximate surface area is 139 Å². The van der Waals surface area contributed by atoms with E-state index in [0.717, 1.165) is 11.3 Å². The molecule has 24 heavy (non-hydrogen) atoms. The number of carbonyl (C=O) groups excluding carboxylic acids is 1. The van der Waals surface area contributed by atoms with Gasteiger partial charge >= 0.3 is 0 Å². The van der Waals surface area contributed by atoms with Crippen LogP contribution >= 0.6 is 0 Å². The van der Waals surface area contributed by atoms with Crippen LogP contribution < -0.4 is 0 Å². The molecule has 4 rings (SSSR count). The van der Waals surface area contributed by atoms with Gasteiger partial charge in [0.05, 0.1) is 17.0 Å². The van der Waals surface area contributed by atoms with Gasteiger partial charge in [0.15, 0.2) is 0 Å². The fourth-order valence-electron chi connectivity index (χ4n) is 3.18. The van der Waals surface area contributed by atoms with Crippen LogP contribution in [-0.4, -0.2) is 20.9 Å². The van der Waals surface area contributed by atoms with Gasteiger partial charge in [-0.1, -0.05) is 35.5 Å². The summed E-state index contributed by atoms with van der Waals surface area (Å²) < 4.78 is 5.21. The van der Waals surface area contributed by atoms with E-state index in [9.17, 15) is 4.79 Å². The zero-order valence-corrected chi connectivity index (χ0v) is 13.6. The maximum Gasteiger partial charge on any atom is 0.273 e. The zero-order valence-electron chi connectivity index (χ0n) is 13.6. The number of amides is 1. The van der Waals surface area contributed by atoms with Crippen LogP contribution in [0.15, 0.2) is 47.0 Å². The highest BCUT2D eigenvalue weighted by Crippen LogP contribution is 2.27. The number of rotatable bonds is 2. The van der Waals surface area contributed by atoms with Gasteiger partial charge in [-0.15, -0.1) is 0 Å². The molecule has 1 aromatic carbocycles. The fraction of sp³-hybridized carbons (Fsp3) is 0.211. The fourth-order valence-corrected chi connectivity index (χ4v) is 3.18. The molecule has 0 radical (unpaired) electrons. The molecule has 120 valence electrons. The van der Waals surface area contributed by atoms with Crippen molar-refractivity contribution in [3.63, 3.8) is 0 Å². The van der Waals surface area contributed by atoms with Crippen LogP contribution in [0.3, 0.4) is 0 Å². The lowest BCUT2D eigenvalue weighted by atomic mass is 10.1. The lowest BCUT2D eigenvalue weighted by molar-refractivity contribution is 0.0745. The number of nitrogens with zero attached hydrogens (tertiary/aromatic N) is 3. The number of fused-ring (bicyclic) bond motifs is 1. The van der Waals surface area contributed by atoms with Crippen molar-refractivity contribution in [3.8, 4) is 11.3 Å². The summed E-state index contributed by atoms with van der Waals surface area (Å²) in [5.74, 6) is 0.651. The van der Waals surface area contributed by atoms with Crippen molar-refractivity contribution in [2.45, 2.75) is 26.9 Å². The van der Waals surface area contributed by atoms with Crippen LogP contribution in [0.2, 0.25) is 0 Å². The highest BCUT2D eigenvalue weighted by atomic mass is 16.5. The van der Waals surface area contributed by atoms with Crippen molar-refractivity contribution in [2.24, 2.45) is 0 Å². The predicted octanol–water partition coefficient (Wildman–Crippen LogP) is 3.51. The third-order valence-electron chi connectivity index (χ3n) is 4.39. The van der Waals surface area contributed by atoms with E-state index >= 15 is 0 Å². The van der Waals surface area contributed by atoms with E-state index in [2.05, 4.69) is 22.3 Å². The number of aromatic nitrogens is 2. The molecule has 0 bridgehead atoms. The minimum Gasteiger partial charge on any atom is -0.361 e. The molecule has 0 atom stereocenters. The van der Waals surface area contributed by atoms with Gasteiger partial charge in [-0.2, -0.15) is 0 Å². The Morgan fingerprint density at radius 2 is 1.75 bits per heavy atom. The molecule has 5 nitrogen and oxygen atoms in total. The van der Waals surface area contributed by atoms with Crippen LogP contribution in [0.1, 0.15) is 33.1 Å². The molecular weight excluding hydrogens is 302 g/mol. The molecule has 3 heterocycles. The first-order valence-corrected chi connectivity index (χ1v) is 7.90. The Bertz CT molecular complexity index is 885. The third kappa shape index (κ3) is 2.38. The molecule has 0 saturated heterocycles. The normalized spacial score (nSPS) is 13.2. The Morgan fingerprint density at radius 3 is 2.38 bits per heavy atom. The molecule has 2 aromatic heterocycles. The largest absolute Gasteiger partial charge is 0.361 e. The molecule has 0 aliphatic carbocycles. The second-order valence-electron chi connectivity index (χ2n) is 6.04. The smallest absolute Gasteiger partial charge is 0.273 e. The quantitative estimate of drug-likeness (QED) is 0.725. The maximum absolute atomic E-state index is 12.8. The second kappa shape index (κ2) is 5.60. The third-order valence-corrected chi connectivity index (χ3v) is 4.39. The van der Waals surface area contributed by atoms with Crippen molar-refractivity contribution in [3.05, 3.63) is 70.7 Å². The maximum atomic E-state index is 12.8. The van der Waals surface area contributed by atoms with Gasteiger partial charge < -0.3 is 9.42 Å². The van der Waals surface area contributed by atoms with Crippen molar-refractivity contribution < 1.29 is 9.32 Å². The number of pyridine rings is 1. The van der Waals surface area contributed by atoms with Gasteiger partial charge in [-0.05, 0) is 37.1 Å². The average Bonchev–Trinajstić information content (AvgIpc) is 3.17. The van der Waals surface area contributed by atoms with E-state index in [4.69, 9.17) is 4.52 Å². The molecular formula is C19H17N3O2. The summed E-state index contributed by atoms with van der Waals surface area (Å²) in [5.41, 5.74) is 5.20. The molecule has 0 fully saturated rings. The molecule has 0 N–H and O–H groups in total. The van der Waals surface area contributed by atoms with Crippen molar-refractivity contribution in [1.29, 1.82) is 0 Å². The Hall–Kier alpha value is -2.95. The standard InChI is InChI=1S/C19H17N3O2/c1-12-18(13(2)24-21-12)16-8-5-9-17(20-16)19(23)22-10-14-6-3-4-7-15(14)11-22/h3-9H,10-11H2,1-2H3. The topological polar surface area (TPSA) is 59.2 Å². The molecule has 3 aromatic rings. The highest BCUT2D eigenvalue weighted by Gasteiger charge is 2.25. The summed E-state index contributed by atoms with van der Waals surface area (Å²) in [6, 6.07) is 13.6. The number of hydrogen-bond acceptors (Lipinski definition) is 4. The van der Waals surface area contributed by atoms with Crippen molar-refractivity contribution in [1.82, 2.24) is 15.0 Å². The van der Waals surface area contributed by atoms with Gasteiger partial charge in [0.25, 0.3) is 5.91 Å². The minimum atomic E-state index is -0.0557. The highest BCUT2D eigenvalue weighted by molar-refractivity contribution is 5.93. The van der Waals surface area contributed by atoms with E-state index < -0.39 is 0 Å². The second-order valence-corrected chi connectivity index (χ2v) is 6.04. The molecule has 0 spiro atoms. The van der Waals surface area contributed by atoms with Crippen molar-refractivity contribution in [2.75, 3.05) is 0 Å². The molecule has 0 unspecified atom stereocenters. The zero-order chi connectivity index (χ0) is 16.7. The Kier molecular flexibility index (Phi) is 3.41. The Morgan fingerprint density at radius 1 is 1.04 bits per heavy atom. The van der Waals surface area contributed by atoms with E-state index in [0.29, 0.717) is 30.2 Å². The number of aryl methyl sites for hydroxylation is 2. The molecule has 5 heteroatoms. The van der Waals surface area contributed by atoms with Crippen LogP contribution in [-0.2, 0) is 13.1 Å². The van der Waals surface area contributed by atoms with Crippen molar-refractivity contribution >= 4 is 5.91 Å². The van der Waals surface area contributed by atoms with Crippen LogP contribution in [0.4, 0.5) is 0 Å². The van der Waals surface area contributed by atoms with Gasteiger partial charge in [0.1, 0.15) is 11.5 Å². The number of benzene rings is 1. The lowest BCUT2D eigenvalue weighted by Crippen LogP contribution is -2.26. The number of carbonyl (C=O) groups is 1. The van der Waals surface area contributed by atoms with Crippen LogP contribution in [0, 0.1) is 13.8 Å². The lowest BCUT2D eigenvalue weighted by Gasteiger charge is -2.15. The summed E-state index contributed by atoms with van der Waals surface area (Å²) >= 11 is 0. The van der Waals surface area contributed by atoms with Gasteiger partial charge in [0, 0.05) is 13.1 Å². The Balaban J connectivity index is 1.64. The first-order valence-electron chi connectivity index (χ1n) is 7.90. The van der Waals surface area contributed by atoms with Crippen LogP contribution in [0.25, 0.3) is 11.3 Å².